The summed E-state index contributed by atoms with van der Waals surface area (Å²) in [5, 5.41) is 0. The molecule has 0 aromatic rings. The van der Waals surface area contributed by atoms with Gasteiger partial charge < -0.3 is 32.4 Å². The zero-order valence-corrected chi connectivity index (χ0v) is 24.6. The molecule has 2 aliphatic heterocycles. The average molecular weight is 599 g/mol. The normalized spacial score (nSPS) is 20.0. The SMILES string of the molecule is CC(C(C)N1CC(=O)N(COC(=O)C(N)CCCCN)C(=O)C1)N1CC(=O)N(COC(=O)C(N)CCCCN)C(=O)C1. The summed E-state index contributed by atoms with van der Waals surface area (Å²) >= 11 is 0. The molecule has 238 valence electrons. The first kappa shape index (κ1) is 35.2. The van der Waals surface area contributed by atoms with E-state index >= 15 is 0 Å². The molecule has 0 bridgehead atoms. The van der Waals surface area contributed by atoms with E-state index in [2.05, 4.69) is 0 Å². The van der Waals surface area contributed by atoms with E-state index in [1.807, 2.05) is 0 Å². The smallest absolute Gasteiger partial charge is 0.324 e. The molecule has 2 fully saturated rings. The molecule has 2 rings (SSSR count). The first-order valence-electron chi connectivity index (χ1n) is 14.3. The predicted octanol–water partition coefficient (Wildman–Crippen LogP) is -2.98. The Morgan fingerprint density at radius 3 is 1.24 bits per heavy atom. The van der Waals surface area contributed by atoms with Crippen molar-refractivity contribution in [3.8, 4) is 0 Å². The maximum atomic E-state index is 12.7. The van der Waals surface area contributed by atoms with Gasteiger partial charge in [0.1, 0.15) is 12.1 Å². The summed E-state index contributed by atoms with van der Waals surface area (Å²) in [6.45, 7) is 3.01. The summed E-state index contributed by atoms with van der Waals surface area (Å²) in [6.07, 6.45) is 3.52. The number of carbonyl (C=O) groups is 6. The van der Waals surface area contributed by atoms with Crippen LogP contribution in [0.2, 0.25) is 0 Å². The quantitative estimate of drug-likeness (QED) is 0.0742. The van der Waals surface area contributed by atoms with Crippen LogP contribution in [-0.4, -0.2) is 132 Å². The minimum atomic E-state index is -0.870. The van der Waals surface area contributed by atoms with Gasteiger partial charge in [-0.2, -0.15) is 0 Å². The van der Waals surface area contributed by atoms with Crippen LogP contribution in [0, 0.1) is 0 Å². The van der Waals surface area contributed by atoms with Crippen LogP contribution in [0.4, 0.5) is 0 Å². The number of piperazine rings is 2. The van der Waals surface area contributed by atoms with Crippen molar-refractivity contribution >= 4 is 35.6 Å². The van der Waals surface area contributed by atoms with Crippen molar-refractivity contribution in [3.63, 3.8) is 0 Å². The lowest BCUT2D eigenvalue weighted by molar-refractivity contribution is -0.169. The number of nitrogens with two attached hydrogens (primary N) is 4. The average Bonchev–Trinajstić information content (AvgIpc) is 2.95. The van der Waals surface area contributed by atoms with Crippen molar-refractivity contribution < 1.29 is 38.2 Å². The fourth-order valence-electron chi connectivity index (χ4n) is 4.62. The molecule has 16 heteroatoms. The van der Waals surface area contributed by atoms with E-state index in [1.165, 1.54) is 0 Å². The first-order valence-corrected chi connectivity index (χ1v) is 14.3. The lowest BCUT2D eigenvalue weighted by atomic mass is 10.1. The van der Waals surface area contributed by atoms with Gasteiger partial charge in [-0.3, -0.25) is 38.6 Å². The van der Waals surface area contributed by atoms with E-state index < -0.39 is 73.2 Å². The lowest BCUT2D eigenvalue weighted by Gasteiger charge is -2.43. The summed E-state index contributed by atoms with van der Waals surface area (Å²) in [6, 6.07) is -2.53. The van der Waals surface area contributed by atoms with Crippen LogP contribution < -0.4 is 22.9 Å². The van der Waals surface area contributed by atoms with Gasteiger partial charge in [-0.25, -0.2) is 9.80 Å². The number of hydrogen-bond acceptors (Lipinski definition) is 14. The second-order valence-electron chi connectivity index (χ2n) is 10.7. The molecule has 16 nitrogen and oxygen atoms in total. The molecule has 4 unspecified atom stereocenters. The lowest BCUT2D eigenvalue weighted by Crippen LogP contribution is -2.63. The molecular weight excluding hydrogens is 552 g/mol. The minimum Gasteiger partial charge on any atom is -0.443 e. The fourth-order valence-corrected chi connectivity index (χ4v) is 4.62. The van der Waals surface area contributed by atoms with Gasteiger partial charge in [0, 0.05) is 12.1 Å². The highest BCUT2D eigenvalue weighted by atomic mass is 16.6. The van der Waals surface area contributed by atoms with E-state index in [1.54, 1.807) is 23.6 Å². The molecule has 2 saturated heterocycles. The molecule has 0 spiro atoms. The van der Waals surface area contributed by atoms with Crippen LogP contribution in [-0.2, 0) is 38.2 Å². The summed E-state index contributed by atoms with van der Waals surface area (Å²) in [7, 11) is 0. The van der Waals surface area contributed by atoms with E-state index in [4.69, 9.17) is 32.4 Å². The van der Waals surface area contributed by atoms with Gasteiger partial charge in [0.15, 0.2) is 13.5 Å². The van der Waals surface area contributed by atoms with Gasteiger partial charge >= 0.3 is 11.9 Å². The monoisotopic (exact) mass is 598 g/mol. The van der Waals surface area contributed by atoms with Crippen LogP contribution >= 0.6 is 0 Å². The van der Waals surface area contributed by atoms with Gasteiger partial charge in [-0.15, -0.1) is 0 Å². The minimum absolute atomic E-state index is 0.124. The molecule has 0 aliphatic carbocycles. The molecule has 42 heavy (non-hydrogen) atoms. The predicted molar refractivity (Wildman–Crippen MR) is 149 cm³/mol. The Hall–Kier alpha value is -3.02. The van der Waals surface area contributed by atoms with Crippen molar-refractivity contribution in [1.29, 1.82) is 0 Å². The summed E-state index contributed by atoms with van der Waals surface area (Å²) in [5.41, 5.74) is 22.5. The van der Waals surface area contributed by atoms with Crippen LogP contribution in [0.3, 0.4) is 0 Å². The van der Waals surface area contributed by atoms with Gasteiger partial charge in [0.05, 0.1) is 26.2 Å². The number of unbranched alkanes of at least 4 members (excludes halogenated alkanes) is 2. The zero-order valence-electron chi connectivity index (χ0n) is 24.6. The highest BCUT2D eigenvalue weighted by molar-refractivity contribution is 6.00. The highest BCUT2D eigenvalue weighted by Crippen LogP contribution is 2.18. The Kier molecular flexibility index (Phi) is 14.4. The number of amides is 4. The van der Waals surface area contributed by atoms with E-state index in [9.17, 15) is 28.8 Å². The third-order valence-corrected chi connectivity index (χ3v) is 7.62. The molecule has 8 N–H and O–H groups in total. The Balaban J connectivity index is 1.85. The number of esters is 2. The van der Waals surface area contributed by atoms with Crippen LogP contribution in [0.1, 0.15) is 52.4 Å². The maximum absolute atomic E-state index is 12.7. The number of ether oxygens (including phenoxy) is 2. The van der Waals surface area contributed by atoms with Crippen molar-refractivity contribution in [2.75, 3.05) is 52.7 Å². The Morgan fingerprint density at radius 2 is 0.952 bits per heavy atom. The topological polar surface area (TPSA) is 238 Å². The van der Waals surface area contributed by atoms with Gasteiger partial charge in [0.25, 0.3) is 0 Å². The number of nitrogens with zero attached hydrogens (tertiary/aromatic N) is 4. The number of hydrogen-bond donors (Lipinski definition) is 4. The molecule has 2 heterocycles. The maximum Gasteiger partial charge on any atom is 0.324 e. The zero-order chi connectivity index (χ0) is 31.4. The molecule has 0 aromatic carbocycles. The number of imide groups is 2. The molecule has 0 saturated carbocycles. The van der Waals surface area contributed by atoms with E-state index in [0.29, 0.717) is 38.8 Å². The molecule has 4 atom stereocenters. The van der Waals surface area contributed by atoms with Crippen molar-refractivity contribution in [3.05, 3.63) is 0 Å². The Bertz CT molecular complexity index is 870. The summed E-state index contributed by atoms with van der Waals surface area (Å²) in [5.74, 6) is -3.59. The van der Waals surface area contributed by atoms with Crippen molar-refractivity contribution in [1.82, 2.24) is 19.6 Å². The molecule has 0 radical (unpaired) electrons. The second kappa shape index (κ2) is 17.2. The third-order valence-electron chi connectivity index (χ3n) is 7.62. The second-order valence-corrected chi connectivity index (χ2v) is 10.7. The Morgan fingerprint density at radius 1 is 0.643 bits per heavy atom. The van der Waals surface area contributed by atoms with Crippen LogP contribution in [0.5, 0.6) is 0 Å². The standard InChI is InChI=1S/C26H46N8O8/c1-17(31-11-21(35)33(22(36)12-31)15-41-25(39)19(29)7-3-5-9-27)18(2)32-13-23(37)34(24(38)14-32)16-42-26(40)20(30)8-4-6-10-28/h17-20H,3-16,27-30H2,1-2H3. The summed E-state index contributed by atoms with van der Waals surface area (Å²) in [4.78, 5) is 80.3. The number of carbonyl (C=O) groups excluding carboxylic acids is 6. The van der Waals surface area contributed by atoms with Crippen molar-refractivity contribution in [2.24, 2.45) is 22.9 Å². The number of rotatable bonds is 17. The van der Waals surface area contributed by atoms with Crippen molar-refractivity contribution in [2.45, 2.75) is 76.5 Å². The first-order chi connectivity index (χ1) is 19.9. The van der Waals surface area contributed by atoms with Gasteiger partial charge in [-0.1, -0.05) is 12.8 Å². The Labute approximate surface area is 245 Å². The van der Waals surface area contributed by atoms with Crippen LogP contribution in [0.15, 0.2) is 0 Å². The van der Waals surface area contributed by atoms with E-state index in [-0.39, 0.29) is 26.2 Å². The largest absolute Gasteiger partial charge is 0.443 e. The van der Waals surface area contributed by atoms with Crippen LogP contribution in [0.25, 0.3) is 0 Å². The third kappa shape index (κ3) is 10.1. The van der Waals surface area contributed by atoms with Gasteiger partial charge in [0.2, 0.25) is 23.6 Å². The van der Waals surface area contributed by atoms with Gasteiger partial charge in [-0.05, 0) is 52.6 Å². The fraction of sp³-hybridized carbons (Fsp3) is 0.769. The highest BCUT2D eigenvalue weighted by Gasteiger charge is 2.40. The molecule has 4 amide bonds. The summed E-state index contributed by atoms with van der Waals surface area (Å²) < 4.78 is 10.2. The molecular formula is C26H46N8O8. The van der Waals surface area contributed by atoms with E-state index in [0.717, 1.165) is 22.6 Å². The molecule has 2 aliphatic rings. The molecule has 0 aromatic heterocycles.